The van der Waals surface area contributed by atoms with Gasteiger partial charge in [0.2, 0.25) is 0 Å². The topological polar surface area (TPSA) is 34.2 Å². The molecule has 0 spiro atoms. The second kappa shape index (κ2) is 5.70. The van der Waals surface area contributed by atoms with E-state index >= 15 is 0 Å². The molecule has 18 heavy (non-hydrogen) atoms. The largest absolute Gasteiger partial charge is 0.496 e. The van der Waals surface area contributed by atoms with Gasteiger partial charge in [-0.15, -0.1) is 0 Å². The molecule has 0 aliphatic rings. The van der Waals surface area contributed by atoms with E-state index in [4.69, 9.17) is 4.74 Å². The first-order valence-electron chi connectivity index (χ1n) is 6.47. The van der Waals surface area contributed by atoms with Crippen molar-refractivity contribution >= 4 is 0 Å². The van der Waals surface area contributed by atoms with Crippen LogP contribution in [0.1, 0.15) is 37.6 Å². The minimum atomic E-state index is 0.209. The van der Waals surface area contributed by atoms with Gasteiger partial charge in [0.05, 0.1) is 7.11 Å². The molecular weight excluding hydrogens is 224 g/mol. The normalized spacial score (nSPS) is 13.5. The minimum Gasteiger partial charge on any atom is -0.496 e. The van der Waals surface area contributed by atoms with E-state index in [1.165, 1.54) is 0 Å². The van der Waals surface area contributed by atoms with E-state index in [9.17, 15) is 0 Å². The Balaban J connectivity index is 3.05. The summed E-state index contributed by atoms with van der Waals surface area (Å²) in [6, 6.07) is 0.399. The summed E-state index contributed by atoms with van der Waals surface area (Å²) in [5.74, 6) is 0.962. The van der Waals surface area contributed by atoms with Crippen molar-refractivity contribution in [2.75, 3.05) is 14.2 Å². The molecule has 0 aliphatic carbocycles. The van der Waals surface area contributed by atoms with Crippen LogP contribution in [-0.4, -0.2) is 25.2 Å². The van der Waals surface area contributed by atoms with Gasteiger partial charge < -0.3 is 10.1 Å². The zero-order valence-electron chi connectivity index (χ0n) is 12.7. The highest BCUT2D eigenvalue weighted by Gasteiger charge is 2.24. The van der Waals surface area contributed by atoms with E-state index in [1.807, 2.05) is 20.2 Å². The van der Waals surface area contributed by atoms with Crippen molar-refractivity contribution in [3.63, 3.8) is 0 Å². The summed E-state index contributed by atoms with van der Waals surface area (Å²) in [6.45, 7) is 10.9. The standard InChI is InChI=1S/C15H26N2O/c1-10-9-17-12(11(2)14(10)18-7)8-13(16-6)15(3,4)5/h9,13,16H,8H2,1-7H3. The highest BCUT2D eigenvalue weighted by molar-refractivity contribution is 5.41. The van der Waals surface area contributed by atoms with E-state index in [0.29, 0.717) is 6.04 Å². The number of aryl methyl sites for hydroxylation is 1. The Bertz CT molecular complexity index is 408. The van der Waals surface area contributed by atoms with E-state index < -0.39 is 0 Å². The van der Waals surface area contributed by atoms with Crippen LogP contribution in [-0.2, 0) is 6.42 Å². The van der Waals surface area contributed by atoms with Gasteiger partial charge in [0.1, 0.15) is 5.75 Å². The molecule has 0 bridgehead atoms. The van der Waals surface area contributed by atoms with Crippen LogP contribution in [0, 0.1) is 19.3 Å². The smallest absolute Gasteiger partial charge is 0.128 e. The van der Waals surface area contributed by atoms with E-state index in [0.717, 1.165) is 29.0 Å². The summed E-state index contributed by atoms with van der Waals surface area (Å²) >= 11 is 0. The number of hydrogen-bond acceptors (Lipinski definition) is 3. The summed E-state index contributed by atoms with van der Waals surface area (Å²) in [5, 5.41) is 3.39. The Morgan fingerprint density at radius 3 is 2.39 bits per heavy atom. The molecule has 1 N–H and O–H groups in total. The third-order valence-electron chi connectivity index (χ3n) is 3.54. The molecule has 0 amide bonds. The van der Waals surface area contributed by atoms with Crippen molar-refractivity contribution in [1.82, 2.24) is 10.3 Å². The van der Waals surface area contributed by atoms with Crippen molar-refractivity contribution in [2.24, 2.45) is 5.41 Å². The van der Waals surface area contributed by atoms with Crippen LogP contribution in [0.2, 0.25) is 0 Å². The van der Waals surface area contributed by atoms with Crippen LogP contribution in [0.4, 0.5) is 0 Å². The lowest BCUT2D eigenvalue weighted by Gasteiger charge is -2.30. The number of aromatic nitrogens is 1. The number of rotatable bonds is 4. The van der Waals surface area contributed by atoms with Crippen LogP contribution in [0.3, 0.4) is 0 Å². The molecule has 1 rings (SSSR count). The van der Waals surface area contributed by atoms with Crippen LogP contribution >= 0.6 is 0 Å². The molecule has 0 aromatic carbocycles. The summed E-state index contributed by atoms with van der Waals surface area (Å²) < 4.78 is 5.46. The maximum atomic E-state index is 5.46. The molecule has 3 nitrogen and oxygen atoms in total. The molecule has 1 atom stereocenters. The second-order valence-corrected chi connectivity index (χ2v) is 5.96. The summed E-state index contributed by atoms with van der Waals surface area (Å²) in [5.41, 5.74) is 3.57. The molecule has 1 unspecified atom stereocenters. The number of hydrogen-bond donors (Lipinski definition) is 1. The molecule has 0 fully saturated rings. The fraction of sp³-hybridized carbons (Fsp3) is 0.667. The molecule has 1 aromatic heterocycles. The number of ether oxygens (including phenoxy) is 1. The number of methoxy groups -OCH3 is 1. The van der Waals surface area contributed by atoms with Crippen molar-refractivity contribution in [2.45, 2.75) is 47.1 Å². The van der Waals surface area contributed by atoms with Crippen LogP contribution in [0.15, 0.2) is 6.20 Å². The van der Waals surface area contributed by atoms with Crippen molar-refractivity contribution in [3.8, 4) is 5.75 Å². The number of pyridine rings is 1. The van der Waals surface area contributed by atoms with Gasteiger partial charge in [0.15, 0.2) is 0 Å². The first-order chi connectivity index (χ1) is 8.31. The summed E-state index contributed by atoms with van der Waals surface area (Å²) in [7, 11) is 3.73. The molecule has 0 saturated heterocycles. The average molecular weight is 250 g/mol. The SMILES string of the molecule is CNC(Cc1ncc(C)c(OC)c1C)C(C)(C)C. The van der Waals surface area contributed by atoms with Crippen LogP contribution in [0.25, 0.3) is 0 Å². The highest BCUT2D eigenvalue weighted by Crippen LogP contribution is 2.28. The van der Waals surface area contributed by atoms with Crippen molar-refractivity contribution in [3.05, 3.63) is 23.0 Å². The first kappa shape index (κ1) is 15.0. The summed E-state index contributed by atoms with van der Waals surface area (Å²) in [4.78, 5) is 4.57. The predicted molar refractivity (Wildman–Crippen MR) is 76.3 cm³/mol. The number of nitrogens with zero attached hydrogens (tertiary/aromatic N) is 1. The lowest BCUT2D eigenvalue weighted by Crippen LogP contribution is -2.40. The second-order valence-electron chi connectivity index (χ2n) is 5.96. The van der Waals surface area contributed by atoms with Crippen molar-refractivity contribution < 1.29 is 4.74 Å². The first-order valence-corrected chi connectivity index (χ1v) is 6.47. The lowest BCUT2D eigenvalue weighted by atomic mass is 9.83. The predicted octanol–water partition coefficient (Wildman–Crippen LogP) is 2.88. The Kier molecular flexibility index (Phi) is 4.74. The van der Waals surface area contributed by atoms with Crippen molar-refractivity contribution in [1.29, 1.82) is 0 Å². The fourth-order valence-electron chi connectivity index (χ4n) is 2.31. The zero-order chi connectivity index (χ0) is 13.9. The molecule has 102 valence electrons. The Hall–Kier alpha value is -1.09. The zero-order valence-corrected chi connectivity index (χ0v) is 12.7. The van der Waals surface area contributed by atoms with Crippen LogP contribution < -0.4 is 10.1 Å². The maximum absolute atomic E-state index is 5.46. The van der Waals surface area contributed by atoms with E-state index in [1.54, 1.807) is 7.11 Å². The Morgan fingerprint density at radius 2 is 1.94 bits per heavy atom. The summed E-state index contributed by atoms with van der Waals surface area (Å²) in [6.07, 6.45) is 2.82. The van der Waals surface area contributed by atoms with Gasteiger partial charge >= 0.3 is 0 Å². The van der Waals surface area contributed by atoms with Gasteiger partial charge in [0, 0.05) is 35.5 Å². The Morgan fingerprint density at radius 1 is 1.33 bits per heavy atom. The van der Waals surface area contributed by atoms with Gasteiger partial charge in [-0.3, -0.25) is 4.98 Å². The molecule has 3 heteroatoms. The third kappa shape index (κ3) is 3.22. The van der Waals surface area contributed by atoms with Gasteiger partial charge in [0.25, 0.3) is 0 Å². The van der Waals surface area contributed by atoms with E-state index in [-0.39, 0.29) is 5.41 Å². The maximum Gasteiger partial charge on any atom is 0.128 e. The van der Waals surface area contributed by atoms with E-state index in [2.05, 4.69) is 38.0 Å². The molecule has 1 heterocycles. The Labute approximate surface area is 111 Å². The molecular formula is C15H26N2O. The third-order valence-corrected chi connectivity index (χ3v) is 3.54. The van der Waals surface area contributed by atoms with Crippen LogP contribution in [0.5, 0.6) is 5.75 Å². The fourth-order valence-corrected chi connectivity index (χ4v) is 2.31. The van der Waals surface area contributed by atoms with Gasteiger partial charge in [-0.1, -0.05) is 20.8 Å². The van der Waals surface area contributed by atoms with Gasteiger partial charge in [-0.2, -0.15) is 0 Å². The molecule has 0 saturated carbocycles. The highest BCUT2D eigenvalue weighted by atomic mass is 16.5. The minimum absolute atomic E-state index is 0.209. The molecule has 0 aliphatic heterocycles. The lowest BCUT2D eigenvalue weighted by molar-refractivity contribution is 0.277. The molecule has 0 radical (unpaired) electrons. The molecule has 1 aromatic rings. The number of nitrogens with one attached hydrogen (secondary N) is 1. The van der Waals surface area contributed by atoms with Gasteiger partial charge in [-0.05, 0) is 26.3 Å². The monoisotopic (exact) mass is 250 g/mol. The average Bonchev–Trinajstić information content (AvgIpc) is 2.27. The number of likely N-dealkylation sites (N-methyl/N-ethyl adjacent to an activating group) is 1. The van der Waals surface area contributed by atoms with Gasteiger partial charge in [-0.25, -0.2) is 0 Å². The quantitative estimate of drug-likeness (QED) is 0.892.